The highest BCUT2D eigenvalue weighted by atomic mass is 35.5. The van der Waals surface area contributed by atoms with Gasteiger partial charge in [-0.1, -0.05) is 23.7 Å². The number of amides is 1. The van der Waals surface area contributed by atoms with Gasteiger partial charge in [0.1, 0.15) is 11.5 Å². The Morgan fingerprint density at radius 3 is 2.73 bits per heavy atom. The topological polar surface area (TPSA) is 66.9 Å². The second-order valence-electron chi connectivity index (χ2n) is 5.22. The van der Waals surface area contributed by atoms with Crippen LogP contribution < -0.4 is 10.6 Å². The van der Waals surface area contributed by atoms with Crippen molar-refractivity contribution in [3.63, 3.8) is 0 Å². The van der Waals surface area contributed by atoms with Gasteiger partial charge in [0.25, 0.3) is 5.91 Å². The Labute approximate surface area is 135 Å². The van der Waals surface area contributed by atoms with Crippen LogP contribution in [0.1, 0.15) is 29.9 Å². The standard InChI is InChI=1S/C16H19ClN4O/c1-11(2)21-15-10-19-14(9-20-15)16(22)18-7-6-12-4-3-5-13(17)8-12/h3-5,8-11H,6-7H2,1-2H3,(H,18,22)(H,20,21). The van der Waals surface area contributed by atoms with Crippen molar-refractivity contribution in [3.05, 3.63) is 52.9 Å². The van der Waals surface area contributed by atoms with E-state index in [1.165, 1.54) is 6.20 Å². The van der Waals surface area contributed by atoms with Crippen LogP contribution >= 0.6 is 11.6 Å². The number of aromatic nitrogens is 2. The minimum absolute atomic E-state index is 0.231. The van der Waals surface area contributed by atoms with Crippen LogP contribution in [-0.2, 0) is 6.42 Å². The second kappa shape index (κ2) is 7.75. The van der Waals surface area contributed by atoms with Gasteiger partial charge in [-0.3, -0.25) is 4.79 Å². The van der Waals surface area contributed by atoms with E-state index in [0.717, 1.165) is 5.56 Å². The molecule has 6 heteroatoms. The van der Waals surface area contributed by atoms with Crippen LogP contribution in [0.3, 0.4) is 0 Å². The minimum atomic E-state index is -0.231. The van der Waals surface area contributed by atoms with Crippen LogP contribution in [0.25, 0.3) is 0 Å². The highest BCUT2D eigenvalue weighted by Crippen LogP contribution is 2.10. The van der Waals surface area contributed by atoms with E-state index in [4.69, 9.17) is 11.6 Å². The molecular formula is C16H19ClN4O. The van der Waals surface area contributed by atoms with Gasteiger partial charge in [0.2, 0.25) is 0 Å². The average Bonchev–Trinajstić information content (AvgIpc) is 2.47. The van der Waals surface area contributed by atoms with Crippen molar-refractivity contribution in [2.75, 3.05) is 11.9 Å². The number of rotatable bonds is 6. The molecule has 0 aliphatic carbocycles. The molecule has 0 radical (unpaired) electrons. The first kappa shape index (κ1) is 16.2. The molecule has 5 nitrogen and oxygen atoms in total. The average molecular weight is 319 g/mol. The molecule has 0 aliphatic rings. The summed E-state index contributed by atoms with van der Waals surface area (Å²) in [4.78, 5) is 20.3. The van der Waals surface area contributed by atoms with Crippen LogP contribution in [0.15, 0.2) is 36.7 Å². The second-order valence-corrected chi connectivity index (χ2v) is 5.66. The fourth-order valence-electron chi connectivity index (χ4n) is 1.92. The smallest absolute Gasteiger partial charge is 0.271 e. The molecule has 0 bridgehead atoms. The van der Waals surface area contributed by atoms with E-state index in [1.54, 1.807) is 6.20 Å². The fourth-order valence-corrected chi connectivity index (χ4v) is 2.13. The Morgan fingerprint density at radius 2 is 2.09 bits per heavy atom. The molecule has 0 atom stereocenters. The molecule has 2 rings (SSSR count). The number of benzene rings is 1. The van der Waals surface area contributed by atoms with E-state index in [9.17, 15) is 4.79 Å². The first-order valence-corrected chi connectivity index (χ1v) is 7.53. The van der Waals surface area contributed by atoms with E-state index >= 15 is 0 Å². The molecule has 116 valence electrons. The summed E-state index contributed by atoms with van der Waals surface area (Å²) in [5.74, 6) is 0.427. The van der Waals surface area contributed by atoms with E-state index in [2.05, 4.69) is 20.6 Å². The Balaban J connectivity index is 1.84. The maximum absolute atomic E-state index is 12.0. The Hall–Kier alpha value is -2.14. The summed E-state index contributed by atoms with van der Waals surface area (Å²) in [5.41, 5.74) is 1.38. The van der Waals surface area contributed by atoms with Gasteiger partial charge in [-0.2, -0.15) is 0 Å². The van der Waals surface area contributed by atoms with Crippen LogP contribution in [0.2, 0.25) is 5.02 Å². The lowest BCUT2D eigenvalue weighted by Gasteiger charge is -2.09. The normalized spacial score (nSPS) is 10.5. The minimum Gasteiger partial charge on any atom is -0.367 e. The van der Waals surface area contributed by atoms with Gasteiger partial charge >= 0.3 is 0 Å². The highest BCUT2D eigenvalue weighted by Gasteiger charge is 2.07. The largest absolute Gasteiger partial charge is 0.367 e. The summed E-state index contributed by atoms with van der Waals surface area (Å²) in [6.45, 7) is 4.54. The lowest BCUT2D eigenvalue weighted by Crippen LogP contribution is -2.26. The lowest BCUT2D eigenvalue weighted by molar-refractivity contribution is 0.0949. The predicted octanol–water partition coefficient (Wildman–Crippen LogP) is 2.92. The van der Waals surface area contributed by atoms with Crippen LogP contribution in [-0.4, -0.2) is 28.5 Å². The molecule has 0 aliphatic heterocycles. The van der Waals surface area contributed by atoms with Crippen molar-refractivity contribution in [2.24, 2.45) is 0 Å². The van der Waals surface area contributed by atoms with Crippen LogP contribution in [0, 0.1) is 0 Å². The molecule has 1 amide bonds. The van der Waals surface area contributed by atoms with Crippen molar-refractivity contribution in [3.8, 4) is 0 Å². The summed E-state index contributed by atoms with van der Waals surface area (Å²) in [6.07, 6.45) is 3.75. The highest BCUT2D eigenvalue weighted by molar-refractivity contribution is 6.30. The van der Waals surface area contributed by atoms with Gasteiger partial charge in [-0.15, -0.1) is 0 Å². The lowest BCUT2D eigenvalue weighted by atomic mass is 10.1. The number of carbonyl (C=O) groups is 1. The van der Waals surface area contributed by atoms with Crippen molar-refractivity contribution in [1.29, 1.82) is 0 Å². The number of nitrogens with zero attached hydrogens (tertiary/aromatic N) is 2. The van der Waals surface area contributed by atoms with Crippen molar-refractivity contribution in [2.45, 2.75) is 26.3 Å². The summed E-state index contributed by atoms with van der Waals surface area (Å²) in [7, 11) is 0. The van der Waals surface area contributed by atoms with E-state index in [-0.39, 0.29) is 11.9 Å². The third-order valence-electron chi connectivity index (χ3n) is 2.91. The summed E-state index contributed by atoms with van der Waals surface area (Å²) in [5, 5.41) is 6.64. The Bertz CT molecular complexity index is 628. The predicted molar refractivity (Wildman–Crippen MR) is 88.3 cm³/mol. The summed E-state index contributed by atoms with van der Waals surface area (Å²) >= 11 is 5.92. The molecular weight excluding hydrogens is 300 g/mol. The van der Waals surface area contributed by atoms with Crippen molar-refractivity contribution >= 4 is 23.3 Å². The number of nitrogens with one attached hydrogen (secondary N) is 2. The molecule has 0 saturated heterocycles. The van der Waals surface area contributed by atoms with Crippen LogP contribution in [0.4, 0.5) is 5.82 Å². The molecule has 22 heavy (non-hydrogen) atoms. The molecule has 2 aromatic rings. The van der Waals surface area contributed by atoms with Gasteiger partial charge in [-0.25, -0.2) is 9.97 Å². The first-order chi connectivity index (χ1) is 10.5. The van der Waals surface area contributed by atoms with Crippen molar-refractivity contribution < 1.29 is 4.79 Å². The Kier molecular flexibility index (Phi) is 5.72. The number of halogens is 1. The van der Waals surface area contributed by atoms with Gasteiger partial charge in [-0.05, 0) is 38.0 Å². The molecule has 1 heterocycles. The number of hydrogen-bond donors (Lipinski definition) is 2. The van der Waals surface area contributed by atoms with Gasteiger partial charge in [0, 0.05) is 17.6 Å². The van der Waals surface area contributed by atoms with Crippen LogP contribution in [0.5, 0.6) is 0 Å². The quantitative estimate of drug-likeness (QED) is 0.859. The maximum atomic E-state index is 12.0. The molecule has 1 aromatic carbocycles. The number of hydrogen-bond acceptors (Lipinski definition) is 4. The van der Waals surface area contributed by atoms with Gasteiger partial charge < -0.3 is 10.6 Å². The zero-order valence-corrected chi connectivity index (χ0v) is 13.4. The van der Waals surface area contributed by atoms with E-state index in [0.29, 0.717) is 29.5 Å². The van der Waals surface area contributed by atoms with Gasteiger partial charge in [0.15, 0.2) is 0 Å². The van der Waals surface area contributed by atoms with E-state index in [1.807, 2.05) is 38.1 Å². The molecule has 0 spiro atoms. The molecule has 0 unspecified atom stereocenters. The van der Waals surface area contributed by atoms with Crippen molar-refractivity contribution in [1.82, 2.24) is 15.3 Å². The van der Waals surface area contributed by atoms with Gasteiger partial charge in [0.05, 0.1) is 12.4 Å². The Morgan fingerprint density at radius 1 is 1.27 bits per heavy atom. The molecule has 1 aromatic heterocycles. The molecule has 0 saturated carbocycles. The monoisotopic (exact) mass is 318 g/mol. The maximum Gasteiger partial charge on any atom is 0.271 e. The fraction of sp³-hybridized carbons (Fsp3) is 0.312. The third-order valence-corrected chi connectivity index (χ3v) is 3.14. The number of anilines is 1. The summed E-state index contributed by atoms with van der Waals surface area (Å²) < 4.78 is 0. The summed E-state index contributed by atoms with van der Waals surface area (Å²) in [6, 6.07) is 7.85. The first-order valence-electron chi connectivity index (χ1n) is 7.16. The zero-order chi connectivity index (χ0) is 15.9. The molecule has 0 fully saturated rings. The van der Waals surface area contributed by atoms with E-state index < -0.39 is 0 Å². The number of carbonyl (C=O) groups excluding carboxylic acids is 1. The SMILES string of the molecule is CC(C)Nc1cnc(C(=O)NCCc2cccc(Cl)c2)cn1. The third kappa shape index (κ3) is 5.00. The molecule has 2 N–H and O–H groups in total. The zero-order valence-electron chi connectivity index (χ0n) is 12.6.